The number of carboxylic acid groups (broad SMARTS) is 1. The Kier molecular flexibility index (Phi) is 3.36. The summed E-state index contributed by atoms with van der Waals surface area (Å²) in [6.07, 6.45) is 4.18. The molecule has 3 atom stereocenters. The third-order valence-corrected chi connectivity index (χ3v) is 4.68. The minimum absolute atomic E-state index is 0.285. The molecule has 1 saturated heterocycles. The molecule has 1 aliphatic carbocycles. The van der Waals surface area contributed by atoms with E-state index >= 15 is 0 Å². The third-order valence-electron chi connectivity index (χ3n) is 4.68. The van der Waals surface area contributed by atoms with Gasteiger partial charge in [-0.05, 0) is 38.0 Å². The van der Waals surface area contributed by atoms with E-state index in [0.717, 1.165) is 49.6 Å². The lowest BCUT2D eigenvalue weighted by Gasteiger charge is -2.25. The summed E-state index contributed by atoms with van der Waals surface area (Å²) in [5.74, 6) is 1.59. The van der Waals surface area contributed by atoms with Gasteiger partial charge < -0.3 is 10.0 Å². The SMILES string of the molecule is CCc1cc(N2CC3CCCC3C2C(=O)O)nc(C)n1. The van der Waals surface area contributed by atoms with Crippen LogP contribution in [-0.2, 0) is 11.2 Å². The van der Waals surface area contributed by atoms with Gasteiger partial charge in [0, 0.05) is 18.3 Å². The van der Waals surface area contributed by atoms with Crippen molar-refractivity contribution < 1.29 is 9.90 Å². The number of aromatic nitrogens is 2. The van der Waals surface area contributed by atoms with E-state index in [0.29, 0.717) is 5.92 Å². The van der Waals surface area contributed by atoms with E-state index in [2.05, 4.69) is 16.9 Å². The number of fused-ring (bicyclic) bond motifs is 1. The molecular formula is C15H21N3O2. The Morgan fingerprint density at radius 1 is 1.45 bits per heavy atom. The Balaban J connectivity index is 1.96. The second kappa shape index (κ2) is 5.04. The zero-order valence-corrected chi connectivity index (χ0v) is 12.0. The summed E-state index contributed by atoms with van der Waals surface area (Å²) in [6, 6.07) is 1.53. The summed E-state index contributed by atoms with van der Waals surface area (Å²) in [7, 11) is 0. The van der Waals surface area contributed by atoms with Gasteiger partial charge in [0.05, 0.1) is 0 Å². The summed E-state index contributed by atoms with van der Waals surface area (Å²) >= 11 is 0. The normalized spacial score (nSPS) is 28.7. The zero-order chi connectivity index (χ0) is 14.3. The largest absolute Gasteiger partial charge is 0.480 e. The number of aryl methyl sites for hydroxylation is 2. The summed E-state index contributed by atoms with van der Waals surface area (Å²) in [5.41, 5.74) is 0.980. The Morgan fingerprint density at radius 2 is 2.25 bits per heavy atom. The van der Waals surface area contributed by atoms with Crippen LogP contribution in [0.4, 0.5) is 5.82 Å². The first kappa shape index (κ1) is 13.3. The Labute approximate surface area is 119 Å². The Morgan fingerprint density at radius 3 is 2.95 bits per heavy atom. The van der Waals surface area contributed by atoms with E-state index < -0.39 is 12.0 Å². The molecule has 0 bridgehead atoms. The number of rotatable bonds is 3. The first-order valence-electron chi connectivity index (χ1n) is 7.44. The lowest BCUT2D eigenvalue weighted by atomic mass is 9.94. The van der Waals surface area contributed by atoms with Crippen LogP contribution in [0, 0.1) is 18.8 Å². The Bertz CT molecular complexity index is 532. The molecule has 0 radical (unpaired) electrons. The van der Waals surface area contributed by atoms with Crippen molar-refractivity contribution in [3.8, 4) is 0 Å². The fraction of sp³-hybridized carbons (Fsp3) is 0.667. The quantitative estimate of drug-likeness (QED) is 0.914. The molecule has 2 aliphatic rings. The van der Waals surface area contributed by atoms with Crippen LogP contribution in [0.25, 0.3) is 0 Å². The lowest BCUT2D eigenvalue weighted by molar-refractivity contribution is -0.139. The molecule has 1 N–H and O–H groups in total. The van der Waals surface area contributed by atoms with Crippen molar-refractivity contribution in [2.75, 3.05) is 11.4 Å². The van der Waals surface area contributed by atoms with E-state index in [4.69, 9.17) is 0 Å². The number of hydrogen-bond acceptors (Lipinski definition) is 4. The highest BCUT2D eigenvalue weighted by Gasteiger charge is 2.48. The van der Waals surface area contributed by atoms with Crippen LogP contribution < -0.4 is 4.90 Å². The molecule has 0 spiro atoms. The van der Waals surface area contributed by atoms with Gasteiger partial charge in [-0.1, -0.05) is 13.3 Å². The van der Waals surface area contributed by atoms with Crippen molar-refractivity contribution in [3.63, 3.8) is 0 Å². The van der Waals surface area contributed by atoms with Gasteiger partial charge in [-0.25, -0.2) is 14.8 Å². The van der Waals surface area contributed by atoms with Gasteiger partial charge in [0.2, 0.25) is 0 Å². The van der Waals surface area contributed by atoms with Gasteiger partial charge in [0.25, 0.3) is 0 Å². The molecule has 1 aromatic heterocycles. The number of hydrogen-bond donors (Lipinski definition) is 1. The van der Waals surface area contributed by atoms with E-state index in [9.17, 15) is 9.90 Å². The fourth-order valence-electron chi connectivity index (χ4n) is 3.80. The number of nitrogens with zero attached hydrogens (tertiary/aromatic N) is 3. The molecule has 2 fully saturated rings. The minimum Gasteiger partial charge on any atom is -0.480 e. The molecule has 0 aromatic carbocycles. The summed E-state index contributed by atoms with van der Waals surface area (Å²) < 4.78 is 0. The summed E-state index contributed by atoms with van der Waals surface area (Å²) in [4.78, 5) is 22.5. The molecule has 0 amide bonds. The maximum Gasteiger partial charge on any atom is 0.326 e. The standard InChI is InChI=1S/C15H21N3O2/c1-3-11-7-13(17-9(2)16-11)18-8-10-5-4-6-12(10)14(18)15(19)20/h7,10,12,14H,3-6,8H2,1-2H3,(H,19,20). The van der Waals surface area contributed by atoms with Crippen LogP contribution in [0.3, 0.4) is 0 Å². The topological polar surface area (TPSA) is 66.3 Å². The highest BCUT2D eigenvalue weighted by atomic mass is 16.4. The predicted octanol–water partition coefficient (Wildman–Crippen LogP) is 2.04. The summed E-state index contributed by atoms with van der Waals surface area (Å²) in [5, 5.41) is 9.60. The highest BCUT2D eigenvalue weighted by Crippen LogP contribution is 2.43. The maximum absolute atomic E-state index is 11.7. The molecule has 1 aromatic rings. The molecular weight excluding hydrogens is 254 g/mol. The van der Waals surface area contributed by atoms with Gasteiger partial charge in [0.15, 0.2) is 0 Å². The molecule has 2 heterocycles. The Hall–Kier alpha value is -1.65. The van der Waals surface area contributed by atoms with Crippen LogP contribution in [0.1, 0.15) is 37.7 Å². The summed E-state index contributed by atoms with van der Waals surface area (Å²) in [6.45, 7) is 4.75. The minimum atomic E-state index is -0.714. The van der Waals surface area contributed by atoms with Crippen LogP contribution >= 0.6 is 0 Å². The van der Waals surface area contributed by atoms with E-state index in [1.165, 1.54) is 0 Å². The third kappa shape index (κ3) is 2.15. The maximum atomic E-state index is 11.7. The second-order valence-corrected chi connectivity index (χ2v) is 5.91. The number of carbonyl (C=O) groups is 1. The van der Waals surface area contributed by atoms with Crippen LogP contribution in [-0.4, -0.2) is 33.6 Å². The van der Waals surface area contributed by atoms with Gasteiger partial charge in [-0.3, -0.25) is 0 Å². The van der Waals surface area contributed by atoms with Crippen molar-refractivity contribution in [1.29, 1.82) is 0 Å². The number of anilines is 1. The molecule has 5 nitrogen and oxygen atoms in total. The first-order valence-corrected chi connectivity index (χ1v) is 7.44. The first-order chi connectivity index (χ1) is 9.60. The highest BCUT2D eigenvalue weighted by molar-refractivity contribution is 5.79. The zero-order valence-electron chi connectivity index (χ0n) is 12.0. The van der Waals surface area contributed by atoms with Crippen LogP contribution in [0.15, 0.2) is 6.07 Å². The molecule has 5 heteroatoms. The smallest absolute Gasteiger partial charge is 0.326 e. The van der Waals surface area contributed by atoms with E-state index in [-0.39, 0.29) is 5.92 Å². The van der Waals surface area contributed by atoms with Gasteiger partial charge in [0.1, 0.15) is 17.7 Å². The van der Waals surface area contributed by atoms with Crippen molar-refractivity contribution in [1.82, 2.24) is 9.97 Å². The second-order valence-electron chi connectivity index (χ2n) is 5.91. The molecule has 1 aliphatic heterocycles. The van der Waals surface area contributed by atoms with Gasteiger partial charge >= 0.3 is 5.97 Å². The van der Waals surface area contributed by atoms with E-state index in [1.54, 1.807) is 0 Å². The van der Waals surface area contributed by atoms with Crippen molar-refractivity contribution >= 4 is 11.8 Å². The van der Waals surface area contributed by atoms with Gasteiger partial charge in [-0.15, -0.1) is 0 Å². The van der Waals surface area contributed by atoms with Crippen LogP contribution in [0.2, 0.25) is 0 Å². The van der Waals surface area contributed by atoms with Crippen LogP contribution in [0.5, 0.6) is 0 Å². The molecule has 1 saturated carbocycles. The number of carboxylic acids is 1. The van der Waals surface area contributed by atoms with E-state index in [1.807, 2.05) is 17.9 Å². The average molecular weight is 275 g/mol. The van der Waals surface area contributed by atoms with Crippen molar-refractivity contribution in [2.45, 2.75) is 45.6 Å². The molecule has 108 valence electrons. The average Bonchev–Trinajstić information content (AvgIpc) is 2.96. The molecule has 3 unspecified atom stereocenters. The van der Waals surface area contributed by atoms with Crippen molar-refractivity contribution in [3.05, 3.63) is 17.6 Å². The molecule has 20 heavy (non-hydrogen) atoms. The van der Waals surface area contributed by atoms with Gasteiger partial charge in [-0.2, -0.15) is 0 Å². The molecule has 3 rings (SSSR count). The number of aliphatic carboxylic acids is 1. The monoisotopic (exact) mass is 275 g/mol. The lowest BCUT2D eigenvalue weighted by Crippen LogP contribution is -2.40. The van der Waals surface area contributed by atoms with Crippen molar-refractivity contribution in [2.24, 2.45) is 11.8 Å². The predicted molar refractivity (Wildman–Crippen MR) is 75.7 cm³/mol. The fourth-order valence-corrected chi connectivity index (χ4v) is 3.80.